The number of nitrogens with zero attached hydrogens (tertiary/aromatic N) is 7. The van der Waals surface area contributed by atoms with Crippen molar-refractivity contribution in [2.75, 3.05) is 31.1 Å². The van der Waals surface area contributed by atoms with Crippen LogP contribution in [0.4, 0.5) is 5.95 Å². The fourth-order valence-corrected chi connectivity index (χ4v) is 2.89. The van der Waals surface area contributed by atoms with Crippen molar-refractivity contribution in [2.24, 2.45) is 0 Å². The normalized spacial score (nSPS) is 15.5. The second-order valence-electron chi connectivity index (χ2n) is 5.98. The topological polar surface area (TPSA) is 84.1 Å². The predicted octanol–water partition coefficient (Wildman–Crippen LogP) is 1.55. The number of rotatable bonds is 4. The van der Waals surface area contributed by atoms with Crippen molar-refractivity contribution in [3.8, 4) is 11.3 Å². The summed E-state index contributed by atoms with van der Waals surface area (Å²) < 4.78 is 5.03. The van der Waals surface area contributed by atoms with Gasteiger partial charge in [-0.15, -0.1) is 0 Å². The van der Waals surface area contributed by atoms with Crippen LogP contribution in [0.1, 0.15) is 11.7 Å². The molecule has 3 aromatic heterocycles. The summed E-state index contributed by atoms with van der Waals surface area (Å²) in [6, 6.07) is 5.83. The summed E-state index contributed by atoms with van der Waals surface area (Å²) in [5.41, 5.74) is 1.89. The summed E-state index contributed by atoms with van der Waals surface area (Å²) in [6.45, 7) is 6.07. The highest BCUT2D eigenvalue weighted by atomic mass is 16.5. The molecule has 1 aliphatic heterocycles. The summed E-state index contributed by atoms with van der Waals surface area (Å²) in [6.07, 6.45) is 5.38. The molecule has 8 nitrogen and oxygen atoms in total. The van der Waals surface area contributed by atoms with Gasteiger partial charge in [0.15, 0.2) is 5.82 Å². The lowest BCUT2D eigenvalue weighted by Crippen LogP contribution is -2.46. The van der Waals surface area contributed by atoms with Crippen LogP contribution in [0.2, 0.25) is 0 Å². The lowest BCUT2D eigenvalue weighted by molar-refractivity contribution is 0.239. The Bertz CT molecular complexity index is 828. The number of aromatic nitrogens is 5. The molecule has 0 amide bonds. The molecule has 4 heterocycles. The van der Waals surface area contributed by atoms with Crippen LogP contribution in [-0.4, -0.2) is 56.2 Å². The van der Waals surface area contributed by atoms with Gasteiger partial charge in [-0.2, -0.15) is 4.98 Å². The molecule has 1 fully saturated rings. The molecule has 0 spiro atoms. The van der Waals surface area contributed by atoms with Crippen LogP contribution in [0, 0.1) is 6.92 Å². The first-order valence-electron chi connectivity index (χ1n) is 8.28. The molecular weight excluding hydrogens is 318 g/mol. The fourth-order valence-electron chi connectivity index (χ4n) is 2.89. The molecule has 128 valence electrons. The van der Waals surface area contributed by atoms with Gasteiger partial charge < -0.3 is 9.42 Å². The molecule has 0 radical (unpaired) electrons. The Morgan fingerprint density at radius 3 is 2.68 bits per heavy atom. The molecule has 3 aromatic rings. The largest absolute Gasteiger partial charge is 0.340 e. The van der Waals surface area contributed by atoms with Gasteiger partial charge in [-0.25, -0.2) is 9.97 Å². The van der Waals surface area contributed by atoms with Gasteiger partial charge >= 0.3 is 0 Å². The van der Waals surface area contributed by atoms with E-state index in [1.165, 1.54) is 0 Å². The third kappa shape index (κ3) is 3.63. The quantitative estimate of drug-likeness (QED) is 0.709. The van der Waals surface area contributed by atoms with Crippen LogP contribution in [0.25, 0.3) is 11.3 Å². The van der Waals surface area contributed by atoms with E-state index in [9.17, 15) is 0 Å². The Balaban J connectivity index is 1.41. The predicted molar refractivity (Wildman–Crippen MR) is 91.8 cm³/mol. The van der Waals surface area contributed by atoms with Crippen molar-refractivity contribution in [1.29, 1.82) is 0 Å². The lowest BCUT2D eigenvalue weighted by Gasteiger charge is -2.34. The minimum absolute atomic E-state index is 0.606. The first kappa shape index (κ1) is 15.6. The Morgan fingerprint density at radius 1 is 1.08 bits per heavy atom. The maximum absolute atomic E-state index is 5.03. The van der Waals surface area contributed by atoms with E-state index in [0.29, 0.717) is 12.4 Å². The van der Waals surface area contributed by atoms with Crippen LogP contribution in [0.3, 0.4) is 0 Å². The van der Waals surface area contributed by atoms with Gasteiger partial charge in [-0.1, -0.05) is 5.16 Å². The Morgan fingerprint density at radius 2 is 1.96 bits per heavy atom. The maximum Gasteiger partial charge on any atom is 0.225 e. The van der Waals surface area contributed by atoms with Crippen LogP contribution < -0.4 is 4.90 Å². The maximum atomic E-state index is 5.03. The monoisotopic (exact) mass is 337 g/mol. The molecule has 0 aliphatic carbocycles. The number of piperazine rings is 1. The molecular formula is C17H19N7O. The van der Waals surface area contributed by atoms with Gasteiger partial charge in [-0.05, 0) is 18.2 Å². The molecule has 0 N–H and O–H groups in total. The molecule has 25 heavy (non-hydrogen) atoms. The third-order valence-corrected chi connectivity index (χ3v) is 4.19. The van der Waals surface area contributed by atoms with Crippen molar-refractivity contribution < 1.29 is 4.52 Å². The summed E-state index contributed by atoms with van der Waals surface area (Å²) in [5, 5.41) is 3.96. The van der Waals surface area contributed by atoms with Gasteiger partial charge in [-0.3, -0.25) is 9.88 Å². The lowest BCUT2D eigenvalue weighted by atomic mass is 10.2. The summed E-state index contributed by atoms with van der Waals surface area (Å²) in [5.74, 6) is 2.10. The highest BCUT2D eigenvalue weighted by Gasteiger charge is 2.20. The van der Waals surface area contributed by atoms with E-state index in [-0.39, 0.29) is 0 Å². The zero-order valence-electron chi connectivity index (χ0n) is 14.0. The SMILES string of the molecule is Cc1nc(CN2CCN(c3nccc(-c4cccnc4)n3)CC2)no1. The van der Waals surface area contributed by atoms with Crippen molar-refractivity contribution >= 4 is 5.95 Å². The molecule has 0 saturated carbocycles. The number of hydrogen-bond donors (Lipinski definition) is 0. The molecule has 0 bridgehead atoms. The highest BCUT2D eigenvalue weighted by molar-refractivity contribution is 5.58. The average Bonchev–Trinajstić information content (AvgIpc) is 3.08. The van der Waals surface area contributed by atoms with E-state index in [1.807, 2.05) is 24.4 Å². The standard InChI is InChI=1S/C17H19N7O/c1-13-20-16(22-25-13)12-23-7-9-24(10-8-23)17-19-6-4-15(21-17)14-3-2-5-18-11-14/h2-6,11H,7-10,12H2,1H3. The average molecular weight is 337 g/mol. The third-order valence-electron chi connectivity index (χ3n) is 4.19. The molecule has 1 aliphatic rings. The van der Waals surface area contributed by atoms with Gasteiger partial charge in [0.25, 0.3) is 0 Å². The van der Waals surface area contributed by atoms with E-state index in [2.05, 4.69) is 29.9 Å². The summed E-state index contributed by atoms with van der Waals surface area (Å²) in [4.78, 5) is 22.1. The van der Waals surface area contributed by atoms with E-state index >= 15 is 0 Å². The molecule has 4 rings (SSSR count). The second kappa shape index (κ2) is 6.94. The van der Waals surface area contributed by atoms with Gasteiger partial charge in [0, 0.05) is 57.3 Å². The van der Waals surface area contributed by atoms with Gasteiger partial charge in [0.05, 0.1) is 12.2 Å². The van der Waals surface area contributed by atoms with E-state index in [0.717, 1.165) is 49.2 Å². The minimum atomic E-state index is 0.606. The minimum Gasteiger partial charge on any atom is -0.340 e. The number of hydrogen-bond acceptors (Lipinski definition) is 8. The molecule has 0 aromatic carbocycles. The van der Waals surface area contributed by atoms with Crippen molar-refractivity contribution in [1.82, 2.24) is 30.0 Å². The first-order chi connectivity index (χ1) is 12.3. The number of anilines is 1. The van der Waals surface area contributed by atoms with Crippen LogP contribution in [0.15, 0.2) is 41.3 Å². The Hall–Kier alpha value is -2.87. The van der Waals surface area contributed by atoms with E-state index < -0.39 is 0 Å². The molecule has 0 atom stereocenters. The fraction of sp³-hybridized carbons (Fsp3) is 0.353. The molecule has 0 unspecified atom stereocenters. The summed E-state index contributed by atoms with van der Waals surface area (Å²) >= 11 is 0. The van der Waals surface area contributed by atoms with Crippen molar-refractivity contribution in [2.45, 2.75) is 13.5 Å². The number of pyridine rings is 1. The number of aryl methyl sites for hydroxylation is 1. The van der Waals surface area contributed by atoms with E-state index in [4.69, 9.17) is 9.51 Å². The van der Waals surface area contributed by atoms with Crippen LogP contribution in [-0.2, 0) is 6.54 Å². The van der Waals surface area contributed by atoms with Gasteiger partial charge in [0.1, 0.15) is 0 Å². The van der Waals surface area contributed by atoms with Gasteiger partial charge in [0.2, 0.25) is 11.8 Å². The summed E-state index contributed by atoms with van der Waals surface area (Å²) in [7, 11) is 0. The highest BCUT2D eigenvalue weighted by Crippen LogP contribution is 2.19. The molecule has 1 saturated heterocycles. The smallest absolute Gasteiger partial charge is 0.225 e. The van der Waals surface area contributed by atoms with Crippen molar-refractivity contribution in [3.05, 3.63) is 48.5 Å². The van der Waals surface area contributed by atoms with Crippen LogP contribution in [0.5, 0.6) is 0 Å². The van der Waals surface area contributed by atoms with Crippen molar-refractivity contribution in [3.63, 3.8) is 0 Å². The van der Waals surface area contributed by atoms with Crippen LogP contribution >= 0.6 is 0 Å². The molecule has 8 heteroatoms. The Kier molecular flexibility index (Phi) is 4.34. The zero-order valence-corrected chi connectivity index (χ0v) is 14.0. The second-order valence-corrected chi connectivity index (χ2v) is 5.98. The van der Waals surface area contributed by atoms with E-state index in [1.54, 1.807) is 19.3 Å². The first-order valence-corrected chi connectivity index (χ1v) is 8.28. The Labute approximate surface area is 145 Å². The zero-order chi connectivity index (χ0) is 17.1.